The Bertz CT molecular complexity index is 995. The van der Waals surface area contributed by atoms with Gasteiger partial charge in [0.25, 0.3) is 0 Å². The fraction of sp³-hybridized carbons (Fsp3) is 0.273. The largest absolute Gasteiger partial charge is 0.373 e. The summed E-state index contributed by atoms with van der Waals surface area (Å²) in [5.41, 5.74) is 10.1. The van der Waals surface area contributed by atoms with Gasteiger partial charge in [-0.2, -0.15) is 0 Å². The summed E-state index contributed by atoms with van der Waals surface area (Å²) in [5, 5.41) is 13.3. The molecule has 0 fully saturated rings. The minimum absolute atomic E-state index is 0.663. The molecule has 0 saturated carbocycles. The molecule has 6 heteroatoms. The maximum Gasteiger partial charge on any atom is 0.144 e. The topological polar surface area (TPSA) is 77.0 Å². The minimum Gasteiger partial charge on any atom is -0.373 e. The second-order valence-electron chi connectivity index (χ2n) is 5.75. The van der Waals surface area contributed by atoms with E-state index >= 15 is 0 Å². The quantitative estimate of drug-likeness (QED) is 0.438. The molecule has 0 aliphatic heterocycles. The monoisotopic (exact) mass is 396 g/mol. The SMILES string of the molecule is C=C/C=C(\C=C/C)c1c(-c2ncnc3sccc23)cn(CC)c1C(N)O.CC. The molecule has 0 aliphatic carbocycles. The Morgan fingerprint density at radius 3 is 2.75 bits per heavy atom. The molecule has 0 spiro atoms. The summed E-state index contributed by atoms with van der Waals surface area (Å²) in [7, 11) is 0. The van der Waals surface area contributed by atoms with Crippen LogP contribution < -0.4 is 5.73 Å². The zero-order valence-corrected chi connectivity index (χ0v) is 17.7. The summed E-state index contributed by atoms with van der Waals surface area (Å²) < 4.78 is 1.97. The Labute approximate surface area is 170 Å². The lowest BCUT2D eigenvalue weighted by atomic mass is 9.97. The normalized spacial score (nSPS) is 12.9. The van der Waals surface area contributed by atoms with E-state index in [0.717, 1.165) is 32.6 Å². The lowest BCUT2D eigenvalue weighted by Crippen LogP contribution is -2.15. The van der Waals surface area contributed by atoms with Gasteiger partial charge < -0.3 is 15.4 Å². The molecule has 1 unspecified atom stereocenters. The maximum atomic E-state index is 10.3. The molecule has 148 valence electrons. The van der Waals surface area contributed by atoms with Gasteiger partial charge in [-0.15, -0.1) is 11.3 Å². The van der Waals surface area contributed by atoms with Gasteiger partial charge in [0.2, 0.25) is 0 Å². The van der Waals surface area contributed by atoms with Gasteiger partial charge in [-0.25, -0.2) is 9.97 Å². The molecular formula is C22H28N4OS. The number of fused-ring (bicyclic) bond motifs is 1. The number of aryl methyl sites for hydroxylation is 1. The van der Waals surface area contributed by atoms with Crippen LogP contribution in [0.3, 0.4) is 0 Å². The highest BCUT2D eigenvalue weighted by Gasteiger charge is 2.24. The standard InChI is InChI=1S/C20H22N4OS.C2H6/c1-4-7-13(8-5-2)16-15(11-24(6-3)18(16)19(21)25)17-14-9-10-26-20(14)23-12-22-17;1-2/h4-5,7-12,19,25H,1,6,21H2,2-3H3;1-2H3/b8-5-,13-7+;. The molecule has 0 aromatic carbocycles. The van der Waals surface area contributed by atoms with Gasteiger partial charge in [0.1, 0.15) is 17.4 Å². The predicted molar refractivity (Wildman–Crippen MR) is 120 cm³/mol. The van der Waals surface area contributed by atoms with Crippen LogP contribution in [0, 0.1) is 0 Å². The lowest BCUT2D eigenvalue weighted by Gasteiger charge is -2.14. The van der Waals surface area contributed by atoms with Crippen molar-refractivity contribution >= 4 is 27.1 Å². The molecule has 1 atom stereocenters. The molecule has 3 rings (SSSR count). The van der Waals surface area contributed by atoms with E-state index in [0.29, 0.717) is 12.2 Å². The van der Waals surface area contributed by atoms with E-state index < -0.39 is 6.23 Å². The van der Waals surface area contributed by atoms with Crippen molar-refractivity contribution in [3.8, 4) is 11.3 Å². The van der Waals surface area contributed by atoms with Gasteiger partial charge in [-0.3, -0.25) is 0 Å². The molecule has 3 aromatic heterocycles. The number of allylic oxidation sites excluding steroid dienone is 5. The number of aliphatic hydroxyl groups is 1. The zero-order valence-electron chi connectivity index (χ0n) is 16.9. The van der Waals surface area contributed by atoms with Crippen molar-refractivity contribution < 1.29 is 5.11 Å². The van der Waals surface area contributed by atoms with Crippen molar-refractivity contribution in [2.45, 2.75) is 40.5 Å². The second-order valence-corrected chi connectivity index (χ2v) is 6.65. The lowest BCUT2D eigenvalue weighted by molar-refractivity contribution is 0.176. The van der Waals surface area contributed by atoms with E-state index in [1.165, 1.54) is 0 Å². The average molecular weight is 397 g/mol. The molecule has 3 heterocycles. The number of hydrogen-bond donors (Lipinski definition) is 2. The first-order valence-electron chi connectivity index (χ1n) is 9.43. The van der Waals surface area contributed by atoms with E-state index in [2.05, 4.69) is 16.5 Å². The van der Waals surface area contributed by atoms with Gasteiger partial charge in [0.05, 0.1) is 11.4 Å². The van der Waals surface area contributed by atoms with Crippen molar-refractivity contribution in [1.82, 2.24) is 14.5 Å². The van der Waals surface area contributed by atoms with Crippen LogP contribution in [-0.4, -0.2) is 19.6 Å². The van der Waals surface area contributed by atoms with Crippen molar-refractivity contribution in [1.29, 1.82) is 0 Å². The van der Waals surface area contributed by atoms with Crippen LogP contribution in [0.15, 0.2) is 54.9 Å². The summed E-state index contributed by atoms with van der Waals surface area (Å²) >= 11 is 1.58. The highest BCUT2D eigenvalue weighted by molar-refractivity contribution is 7.16. The first-order chi connectivity index (χ1) is 13.6. The molecule has 0 aliphatic rings. The molecule has 0 saturated heterocycles. The Hall–Kier alpha value is -2.54. The van der Waals surface area contributed by atoms with Gasteiger partial charge in [-0.1, -0.05) is 44.7 Å². The number of rotatable bonds is 6. The number of hydrogen-bond acceptors (Lipinski definition) is 5. The molecule has 3 N–H and O–H groups in total. The van der Waals surface area contributed by atoms with E-state index in [1.54, 1.807) is 23.7 Å². The number of aromatic nitrogens is 3. The summed E-state index contributed by atoms with van der Waals surface area (Å²) in [6.45, 7) is 12.5. The summed E-state index contributed by atoms with van der Waals surface area (Å²) in [5.74, 6) is 0. The van der Waals surface area contributed by atoms with Crippen LogP contribution in [0.25, 0.3) is 27.0 Å². The Balaban J connectivity index is 0.00000136. The predicted octanol–water partition coefficient (Wildman–Crippen LogP) is 5.30. The Morgan fingerprint density at radius 2 is 2.14 bits per heavy atom. The Kier molecular flexibility index (Phi) is 7.87. The average Bonchev–Trinajstić information content (AvgIpc) is 3.33. The maximum absolute atomic E-state index is 10.3. The van der Waals surface area contributed by atoms with E-state index in [-0.39, 0.29) is 0 Å². The number of nitrogens with two attached hydrogens (primary N) is 1. The zero-order chi connectivity index (χ0) is 20.7. The third-order valence-corrected chi connectivity index (χ3v) is 5.01. The smallest absolute Gasteiger partial charge is 0.144 e. The second kappa shape index (κ2) is 10.1. The van der Waals surface area contributed by atoms with Crippen molar-refractivity contribution in [3.05, 3.63) is 66.1 Å². The number of aliphatic hydroxyl groups excluding tert-OH is 1. The van der Waals surface area contributed by atoms with Crippen LogP contribution in [0.5, 0.6) is 0 Å². The van der Waals surface area contributed by atoms with Gasteiger partial charge in [-0.05, 0) is 30.9 Å². The fourth-order valence-corrected chi connectivity index (χ4v) is 3.90. The first-order valence-corrected chi connectivity index (χ1v) is 10.3. The molecule has 3 aromatic rings. The van der Waals surface area contributed by atoms with Gasteiger partial charge in [0.15, 0.2) is 0 Å². The highest BCUT2D eigenvalue weighted by atomic mass is 32.1. The molecule has 28 heavy (non-hydrogen) atoms. The van der Waals surface area contributed by atoms with Crippen LogP contribution >= 0.6 is 11.3 Å². The molecule has 0 bridgehead atoms. The molecular weight excluding hydrogens is 368 g/mol. The van der Waals surface area contributed by atoms with Gasteiger partial charge >= 0.3 is 0 Å². The minimum atomic E-state index is -1.10. The van der Waals surface area contributed by atoms with Crippen LogP contribution in [-0.2, 0) is 6.54 Å². The van der Waals surface area contributed by atoms with Crippen LogP contribution in [0.1, 0.15) is 45.2 Å². The number of thiophene rings is 1. The highest BCUT2D eigenvalue weighted by Crippen LogP contribution is 2.38. The van der Waals surface area contributed by atoms with Crippen LogP contribution in [0.2, 0.25) is 0 Å². The van der Waals surface area contributed by atoms with E-state index in [4.69, 9.17) is 5.73 Å². The molecule has 5 nitrogen and oxygen atoms in total. The van der Waals surface area contributed by atoms with E-state index in [9.17, 15) is 5.11 Å². The number of nitrogens with zero attached hydrogens (tertiary/aromatic N) is 3. The third kappa shape index (κ3) is 4.14. The van der Waals surface area contributed by atoms with Crippen LogP contribution in [0.4, 0.5) is 0 Å². The summed E-state index contributed by atoms with van der Waals surface area (Å²) in [6, 6.07) is 2.02. The van der Waals surface area contributed by atoms with E-state index in [1.807, 2.05) is 68.1 Å². The van der Waals surface area contributed by atoms with Gasteiger partial charge in [0, 0.05) is 29.3 Å². The summed E-state index contributed by atoms with van der Waals surface area (Å²) in [4.78, 5) is 9.82. The third-order valence-electron chi connectivity index (χ3n) is 4.19. The molecule has 0 radical (unpaired) electrons. The van der Waals surface area contributed by atoms with Crippen molar-refractivity contribution in [2.75, 3.05) is 0 Å². The molecule has 0 amide bonds. The van der Waals surface area contributed by atoms with Crippen molar-refractivity contribution in [3.63, 3.8) is 0 Å². The fourth-order valence-electron chi connectivity index (χ4n) is 3.17. The first kappa shape index (κ1) is 21.8. The Morgan fingerprint density at radius 1 is 1.39 bits per heavy atom. The summed E-state index contributed by atoms with van der Waals surface area (Å²) in [6.07, 6.45) is 10.1. The van der Waals surface area contributed by atoms with Crippen molar-refractivity contribution in [2.24, 2.45) is 5.73 Å².